The van der Waals surface area contributed by atoms with Gasteiger partial charge in [-0.1, -0.05) is 87.9 Å². The van der Waals surface area contributed by atoms with Gasteiger partial charge >= 0.3 is 0 Å². The number of ketones is 1. The van der Waals surface area contributed by atoms with Crippen LogP contribution in [0.5, 0.6) is 0 Å². The molecule has 1 aliphatic rings. The Balaban J connectivity index is 2.04. The molecule has 26 heavy (non-hydrogen) atoms. The molecule has 3 heteroatoms. The van der Waals surface area contributed by atoms with Crippen LogP contribution >= 0.6 is 0 Å². The largest absolute Gasteiger partial charge is 0.407 e. The average Bonchev–Trinajstić information content (AvgIpc) is 2.64. The Kier molecular flexibility index (Phi) is 5.78. The lowest BCUT2D eigenvalue weighted by Crippen LogP contribution is -2.67. The minimum atomic E-state index is -2.52. The molecule has 0 heterocycles. The highest BCUT2D eigenvalue weighted by atomic mass is 28.4. The molecule has 0 aromatic heterocycles. The molecular weight excluding hydrogens is 336 g/mol. The molecule has 1 saturated carbocycles. The number of hydrogen-bond acceptors (Lipinski definition) is 2. The van der Waals surface area contributed by atoms with Crippen molar-refractivity contribution in [3.05, 3.63) is 60.7 Å². The van der Waals surface area contributed by atoms with E-state index in [2.05, 4.69) is 81.4 Å². The van der Waals surface area contributed by atoms with Gasteiger partial charge in [0, 0.05) is 18.9 Å². The summed E-state index contributed by atoms with van der Waals surface area (Å²) in [6.45, 7) is 7.39. The summed E-state index contributed by atoms with van der Waals surface area (Å²) in [5, 5.41) is 2.52. The van der Waals surface area contributed by atoms with E-state index in [1.54, 1.807) is 0 Å². The van der Waals surface area contributed by atoms with Crippen LogP contribution in [0.25, 0.3) is 0 Å². The molecule has 0 N–H and O–H groups in total. The molecule has 1 fully saturated rings. The van der Waals surface area contributed by atoms with Gasteiger partial charge in [0.1, 0.15) is 5.78 Å². The summed E-state index contributed by atoms with van der Waals surface area (Å²) in [5.41, 5.74) is 0. The standard InChI is InChI=1S/C23H30O2Si/c1-23(2,3)26(20-13-6-4-7-14-20,21-15-8-5-9-16-21)25-18-19-12-10-11-17-22(19)24/h4-9,13-16,19H,10-12,17-18H2,1-3H3/t19-/m0/s1. The molecule has 2 aromatic carbocycles. The molecule has 0 amide bonds. The highest BCUT2D eigenvalue weighted by Gasteiger charge is 2.50. The molecule has 3 rings (SSSR count). The second-order valence-corrected chi connectivity index (χ2v) is 12.7. The zero-order chi connectivity index (χ0) is 18.6. The van der Waals surface area contributed by atoms with E-state index in [1.807, 2.05) is 0 Å². The van der Waals surface area contributed by atoms with Crippen molar-refractivity contribution >= 4 is 24.5 Å². The van der Waals surface area contributed by atoms with Crippen molar-refractivity contribution in [2.45, 2.75) is 51.5 Å². The van der Waals surface area contributed by atoms with Crippen molar-refractivity contribution in [3.8, 4) is 0 Å². The van der Waals surface area contributed by atoms with Crippen molar-refractivity contribution in [1.29, 1.82) is 0 Å². The number of benzene rings is 2. The van der Waals surface area contributed by atoms with Crippen LogP contribution < -0.4 is 10.4 Å². The maximum atomic E-state index is 12.4. The molecule has 0 aliphatic heterocycles. The van der Waals surface area contributed by atoms with Crippen LogP contribution in [0.2, 0.25) is 5.04 Å². The Morgan fingerprint density at radius 1 is 0.923 bits per heavy atom. The highest BCUT2D eigenvalue weighted by molar-refractivity contribution is 6.99. The normalized spacial score (nSPS) is 18.7. The predicted molar refractivity (Wildman–Crippen MR) is 111 cm³/mol. The van der Waals surface area contributed by atoms with Crippen molar-refractivity contribution in [2.24, 2.45) is 5.92 Å². The number of rotatable bonds is 5. The molecule has 2 nitrogen and oxygen atoms in total. The first kappa shape index (κ1) is 19.1. The third kappa shape index (κ3) is 3.69. The molecule has 0 bridgehead atoms. The van der Waals surface area contributed by atoms with Gasteiger partial charge in [0.15, 0.2) is 0 Å². The summed E-state index contributed by atoms with van der Waals surface area (Å²) in [6, 6.07) is 21.3. The van der Waals surface area contributed by atoms with Gasteiger partial charge in [0.05, 0.1) is 0 Å². The van der Waals surface area contributed by atoms with Crippen LogP contribution in [0.3, 0.4) is 0 Å². The second kappa shape index (κ2) is 7.89. The Morgan fingerprint density at radius 2 is 1.46 bits per heavy atom. The summed E-state index contributed by atoms with van der Waals surface area (Å²) in [7, 11) is -2.52. The third-order valence-corrected chi connectivity index (χ3v) is 10.6. The lowest BCUT2D eigenvalue weighted by atomic mass is 9.89. The van der Waals surface area contributed by atoms with Crippen LogP contribution in [-0.2, 0) is 9.22 Å². The molecule has 2 aromatic rings. The molecule has 0 radical (unpaired) electrons. The van der Waals surface area contributed by atoms with Crippen LogP contribution in [0, 0.1) is 5.92 Å². The summed E-state index contributed by atoms with van der Waals surface area (Å²) in [6.07, 6.45) is 3.86. The van der Waals surface area contributed by atoms with Gasteiger partial charge in [0.2, 0.25) is 0 Å². The van der Waals surface area contributed by atoms with E-state index >= 15 is 0 Å². The van der Waals surface area contributed by atoms with E-state index in [9.17, 15) is 4.79 Å². The predicted octanol–water partition coefficient (Wildman–Crippen LogP) is 4.32. The summed E-state index contributed by atoms with van der Waals surface area (Å²) in [4.78, 5) is 12.4. The Labute approximate surface area is 158 Å². The molecule has 1 atom stereocenters. The summed E-state index contributed by atoms with van der Waals surface area (Å²) >= 11 is 0. The molecular formula is C23H30O2Si. The van der Waals surface area contributed by atoms with Gasteiger partial charge in [-0.05, 0) is 28.3 Å². The molecule has 138 valence electrons. The number of carbonyl (C=O) groups excluding carboxylic acids is 1. The molecule has 0 saturated heterocycles. The minimum Gasteiger partial charge on any atom is -0.407 e. The van der Waals surface area contributed by atoms with Gasteiger partial charge in [-0.3, -0.25) is 4.79 Å². The van der Waals surface area contributed by atoms with Gasteiger partial charge in [-0.25, -0.2) is 0 Å². The number of carbonyl (C=O) groups is 1. The SMILES string of the molecule is CC(C)(C)[Si](OC[C@@H]1CCCCC1=O)(c1ccccc1)c1ccccc1. The van der Waals surface area contributed by atoms with Crippen LogP contribution in [0.1, 0.15) is 46.5 Å². The zero-order valence-electron chi connectivity index (χ0n) is 16.2. The Hall–Kier alpha value is -1.71. The van der Waals surface area contributed by atoms with E-state index in [0.717, 1.165) is 25.7 Å². The van der Waals surface area contributed by atoms with Crippen LogP contribution in [-0.4, -0.2) is 20.7 Å². The van der Waals surface area contributed by atoms with Crippen molar-refractivity contribution in [3.63, 3.8) is 0 Å². The molecule has 0 unspecified atom stereocenters. The average molecular weight is 367 g/mol. The summed E-state index contributed by atoms with van der Waals surface area (Å²) in [5.74, 6) is 0.444. The van der Waals surface area contributed by atoms with Gasteiger partial charge in [-0.15, -0.1) is 0 Å². The first-order valence-electron chi connectivity index (χ1n) is 9.73. The number of Topliss-reactive ketones (excluding diaryl/α,β-unsaturated/α-hetero) is 1. The topological polar surface area (TPSA) is 26.3 Å². The van der Waals surface area contributed by atoms with Gasteiger partial charge in [0.25, 0.3) is 8.32 Å². The smallest absolute Gasteiger partial charge is 0.261 e. The van der Waals surface area contributed by atoms with Gasteiger partial charge in [-0.2, -0.15) is 0 Å². The fourth-order valence-corrected chi connectivity index (χ4v) is 8.83. The van der Waals surface area contributed by atoms with E-state index in [-0.39, 0.29) is 11.0 Å². The van der Waals surface area contributed by atoms with Crippen molar-refractivity contribution < 1.29 is 9.22 Å². The Bertz CT molecular complexity index is 679. The maximum absolute atomic E-state index is 12.4. The molecule has 1 aliphatic carbocycles. The van der Waals surface area contributed by atoms with E-state index in [4.69, 9.17) is 4.43 Å². The van der Waals surface area contributed by atoms with Crippen molar-refractivity contribution in [1.82, 2.24) is 0 Å². The third-order valence-electron chi connectivity index (χ3n) is 5.60. The monoisotopic (exact) mass is 366 g/mol. The Morgan fingerprint density at radius 3 is 1.92 bits per heavy atom. The highest BCUT2D eigenvalue weighted by Crippen LogP contribution is 2.37. The van der Waals surface area contributed by atoms with Crippen molar-refractivity contribution in [2.75, 3.05) is 6.61 Å². The van der Waals surface area contributed by atoms with E-state index in [1.165, 1.54) is 10.4 Å². The zero-order valence-corrected chi connectivity index (χ0v) is 17.2. The fourth-order valence-electron chi connectivity index (χ4n) is 4.22. The molecule has 0 spiro atoms. The summed E-state index contributed by atoms with van der Waals surface area (Å²) < 4.78 is 6.89. The van der Waals surface area contributed by atoms with Crippen LogP contribution in [0.15, 0.2) is 60.7 Å². The lowest BCUT2D eigenvalue weighted by Gasteiger charge is -2.43. The maximum Gasteiger partial charge on any atom is 0.261 e. The lowest BCUT2D eigenvalue weighted by molar-refractivity contribution is -0.125. The van der Waals surface area contributed by atoms with Gasteiger partial charge < -0.3 is 4.43 Å². The fraction of sp³-hybridized carbons (Fsp3) is 0.435. The number of hydrogen-bond donors (Lipinski definition) is 0. The first-order valence-corrected chi connectivity index (χ1v) is 11.6. The van der Waals surface area contributed by atoms with E-state index < -0.39 is 8.32 Å². The second-order valence-electron chi connectivity index (χ2n) is 8.38. The van der Waals surface area contributed by atoms with E-state index in [0.29, 0.717) is 12.4 Å². The minimum absolute atomic E-state index is 0.0343. The first-order chi connectivity index (χ1) is 12.4. The van der Waals surface area contributed by atoms with Crippen LogP contribution in [0.4, 0.5) is 0 Å². The quantitative estimate of drug-likeness (QED) is 0.737.